The van der Waals surface area contributed by atoms with Gasteiger partial charge in [-0.15, -0.1) is 11.8 Å². The lowest BCUT2D eigenvalue weighted by Crippen LogP contribution is -2.55. The zero-order valence-corrected chi connectivity index (χ0v) is 19.4. The summed E-state index contributed by atoms with van der Waals surface area (Å²) in [5.41, 5.74) is 1.38. The van der Waals surface area contributed by atoms with Gasteiger partial charge in [0.2, 0.25) is 17.7 Å². The summed E-state index contributed by atoms with van der Waals surface area (Å²) in [6.07, 6.45) is 0.632. The quantitative estimate of drug-likeness (QED) is 0.599. The summed E-state index contributed by atoms with van der Waals surface area (Å²) in [4.78, 5) is 52.8. The number of nitrogens with one attached hydrogen (secondary N) is 3. The molecule has 172 valence electrons. The molecule has 4 rings (SSSR count). The van der Waals surface area contributed by atoms with E-state index in [0.29, 0.717) is 17.1 Å². The molecule has 1 fully saturated rings. The van der Waals surface area contributed by atoms with E-state index in [0.717, 1.165) is 10.5 Å². The SMILES string of the molecule is CNC(=O)CN1C(=O)[C@H](NC(=O)[C@@H]2CCC(=O)N2)[C@H](c2ccccc2)Sc2cc(Cl)ccc21. The fraction of sp³-hybridized carbons (Fsp3) is 0.304. The predicted octanol–water partition coefficient (Wildman–Crippen LogP) is 2.03. The third-order valence-corrected chi connectivity index (χ3v) is 7.23. The first-order valence-corrected chi connectivity index (χ1v) is 11.8. The van der Waals surface area contributed by atoms with Gasteiger partial charge in [-0.2, -0.15) is 0 Å². The van der Waals surface area contributed by atoms with E-state index in [1.165, 1.54) is 23.7 Å². The van der Waals surface area contributed by atoms with E-state index in [-0.39, 0.29) is 24.8 Å². The molecule has 2 aliphatic heterocycles. The van der Waals surface area contributed by atoms with Crippen LogP contribution in [0.1, 0.15) is 23.7 Å². The van der Waals surface area contributed by atoms with Gasteiger partial charge in [0, 0.05) is 23.4 Å². The maximum atomic E-state index is 13.8. The van der Waals surface area contributed by atoms with Crippen molar-refractivity contribution in [2.45, 2.75) is 35.1 Å². The Labute approximate surface area is 200 Å². The van der Waals surface area contributed by atoms with E-state index in [9.17, 15) is 19.2 Å². The van der Waals surface area contributed by atoms with Crippen LogP contribution in [-0.2, 0) is 19.2 Å². The summed E-state index contributed by atoms with van der Waals surface area (Å²) in [5, 5.41) is 8.06. The molecule has 2 aliphatic rings. The van der Waals surface area contributed by atoms with Gasteiger partial charge in [0.1, 0.15) is 18.6 Å². The van der Waals surface area contributed by atoms with Gasteiger partial charge in [-0.05, 0) is 30.2 Å². The molecule has 2 heterocycles. The lowest BCUT2D eigenvalue weighted by Gasteiger charge is -2.29. The molecule has 2 aromatic rings. The molecule has 0 aliphatic carbocycles. The first-order valence-electron chi connectivity index (χ1n) is 10.5. The highest BCUT2D eigenvalue weighted by molar-refractivity contribution is 7.99. The van der Waals surface area contributed by atoms with Crippen molar-refractivity contribution >= 4 is 52.7 Å². The molecule has 0 radical (unpaired) electrons. The summed E-state index contributed by atoms with van der Waals surface area (Å²) in [6.45, 7) is -0.210. The second kappa shape index (κ2) is 9.84. The molecule has 8 nitrogen and oxygen atoms in total. The highest BCUT2D eigenvalue weighted by atomic mass is 35.5. The third-order valence-electron chi connectivity index (χ3n) is 5.62. The van der Waals surface area contributed by atoms with Crippen molar-refractivity contribution in [3.8, 4) is 0 Å². The number of anilines is 1. The average molecular weight is 487 g/mol. The summed E-state index contributed by atoms with van der Waals surface area (Å²) in [7, 11) is 1.50. The fourth-order valence-corrected chi connectivity index (χ4v) is 5.54. The van der Waals surface area contributed by atoms with Crippen LogP contribution in [0.2, 0.25) is 5.02 Å². The number of amides is 4. The zero-order valence-electron chi connectivity index (χ0n) is 17.8. The van der Waals surface area contributed by atoms with E-state index in [4.69, 9.17) is 11.6 Å². The highest BCUT2D eigenvalue weighted by Gasteiger charge is 2.41. The minimum absolute atomic E-state index is 0.195. The first-order chi connectivity index (χ1) is 15.9. The van der Waals surface area contributed by atoms with E-state index in [1.807, 2.05) is 30.3 Å². The van der Waals surface area contributed by atoms with Crippen molar-refractivity contribution in [1.29, 1.82) is 0 Å². The molecule has 33 heavy (non-hydrogen) atoms. The minimum atomic E-state index is -0.974. The molecule has 3 atom stereocenters. The van der Waals surface area contributed by atoms with Crippen LogP contribution in [0.3, 0.4) is 0 Å². The van der Waals surface area contributed by atoms with Crippen LogP contribution < -0.4 is 20.9 Å². The van der Waals surface area contributed by atoms with Crippen LogP contribution >= 0.6 is 23.4 Å². The first kappa shape index (κ1) is 23.1. The molecule has 3 N–H and O–H groups in total. The van der Waals surface area contributed by atoms with Crippen LogP contribution in [0.4, 0.5) is 5.69 Å². The predicted molar refractivity (Wildman–Crippen MR) is 126 cm³/mol. The van der Waals surface area contributed by atoms with Crippen molar-refractivity contribution in [3.63, 3.8) is 0 Å². The molecule has 2 aromatic carbocycles. The summed E-state index contributed by atoms with van der Waals surface area (Å²) in [6, 6.07) is 12.8. The average Bonchev–Trinajstić information content (AvgIpc) is 3.22. The number of carbonyl (C=O) groups is 4. The number of likely N-dealkylation sites (N-methyl/N-ethyl adjacent to an activating group) is 1. The molecule has 0 unspecified atom stereocenters. The lowest BCUT2D eigenvalue weighted by molar-refractivity contribution is -0.130. The van der Waals surface area contributed by atoms with Gasteiger partial charge in [0.15, 0.2) is 0 Å². The van der Waals surface area contributed by atoms with Crippen molar-refractivity contribution < 1.29 is 19.2 Å². The number of benzene rings is 2. The van der Waals surface area contributed by atoms with E-state index >= 15 is 0 Å². The highest BCUT2D eigenvalue weighted by Crippen LogP contribution is 2.46. The number of hydrogen-bond acceptors (Lipinski definition) is 5. The van der Waals surface area contributed by atoms with Crippen LogP contribution in [-0.4, -0.2) is 49.3 Å². The molecular formula is C23H23ClN4O4S. The summed E-state index contributed by atoms with van der Waals surface area (Å²) in [5.74, 6) is -1.39. The zero-order chi connectivity index (χ0) is 23.5. The molecule has 0 aromatic heterocycles. The Kier molecular flexibility index (Phi) is 6.90. The minimum Gasteiger partial charge on any atom is -0.358 e. The fourth-order valence-electron chi connectivity index (χ4n) is 3.92. The van der Waals surface area contributed by atoms with Crippen molar-refractivity contribution in [2.75, 3.05) is 18.5 Å². The molecule has 0 spiro atoms. The Balaban J connectivity index is 1.76. The second-order valence-corrected chi connectivity index (χ2v) is 9.42. The smallest absolute Gasteiger partial charge is 0.251 e. The molecule has 10 heteroatoms. The Morgan fingerprint density at radius 1 is 1.18 bits per heavy atom. The Morgan fingerprint density at radius 2 is 1.94 bits per heavy atom. The Bertz CT molecular complexity index is 1100. The van der Waals surface area contributed by atoms with E-state index in [1.54, 1.807) is 18.2 Å². The topological polar surface area (TPSA) is 108 Å². The largest absolute Gasteiger partial charge is 0.358 e. The number of carbonyl (C=O) groups excluding carboxylic acids is 4. The number of nitrogens with zero attached hydrogens (tertiary/aromatic N) is 1. The molecular weight excluding hydrogens is 464 g/mol. The third kappa shape index (κ3) is 4.99. The van der Waals surface area contributed by atoms with Gasteiger partial charge in [0.25, 0.3) is 5.91 Å². The van der Waals surface area contributed by atoms with Crippen molar-refractivity contribution in [2.24, 2.45) is 0 Å². The van der Waals surface area contributed by atoms with Gasteiger partial charge in [-0.3, -0.25) is 19.2 Å². The Hall–Kier alpha value is -3.04. The standard InChI is InChI=1S/C23H23ClN4O4S/c1-25-19(30)12-28-16-9-7-14(24)11-17(16)33-21(13-5-3-2-4-6-13)20(23(28)32)27-22(31)15-8-10-18(29)26-15/h2-7,9,11,15,20-21H,8,10,12H2,1H3,(H,25,30)(H,26,29)(H,27,31)/t15-,20+,21-/m0/s1. The van der Waals surface area contributed by atoms with Crippen LogP contribution in [0.5, 0.6) is 0 Å². The van der Waals surface area contributed by atoms with Crippen LogP contribution in [0.15, 0.2) is 53.4 Å². The number of halogens is 1. The molecule has 0 bridgehead atoms. The number of hydrogen-bond donors (Lipinski definition) is 3. The van der Waals surface area contributed by atoms with E-state index in [2.05, 4.69) is 16.0 Å². The number of fused-ring (bicyclic) bond motifs is 1. The van der Waals surface area contributed by atoms with Crippen LogP contribution in [0.25, 0.3) is 0 Å². The number of rotatable bonds is 5. The van der Waals surface area contributed by atoms with Crippen LogP contribution in [0, 0.1) is 0 Å². The van der Waals surface area contributed by atoms with Gasteiger partial charge in [-0.25, -0.2) is 0 Å². The Morgan fingerprint density at radius 3 is 2.61 bits per heavy atom. The van der Waals surface area contributed by atoms with E-state index < -0.39 is 29.1 Å². The maximum Gasteiger partial charge on any atom is 0.251 e. The second-order valence-electron chi connectivity index (χ2n) is 7.80. The normalized spacial score (nSPS) is 22.2. The van der Waals surface area contributed by atoms with Gasteiger partial charge in [-0.1, -0.05) is 41.9 Å². The monoisotopic (exact) mass is 486 g/mol. The summed E-state index contributed by atoms with van der Waals surface area (Å²) < 4.78 is 0. The number of thioether (sulfide) groups is 1. The van der Waals surface area contributed by atoms with Gasteiger partial charge >= 0.3 is 0 Å². The van der Waals surface area contributed by atoms with Gasteiger partial charge in [0.05, 0.1) is 10.9 Å². The molecule has 1 saturated heterocycles. The van der Waals surface area contributed by atoms with Crippen molar-refractivity contribution in [3.05, 3.63) is 59.1 Å². The molecule has 0 saturated carbocycles. The maximum absolute atomic E-state index is 13.8. The van der Waals surface area contributed by atoms with Crippen molar-refractivity contribution in [1.82, 2.24) is 16.0 Å². The molecule has 4 amide bonds. The summed E-state index contributed by atoms with van der Waals surface area (Å²) >= 11 is 7.66. The van der Waals surface area contributed by atoms with Gasteiger partial charge < -0.3 is 20.9 Å². The lowest BCUT2D eigenvalue weighted by atomic mass is 10.0.